The van der Waals surface area contributed by atoms with Crippen LogP contribution in [0.3, 0.4) is 0 Å². The molecule has 3 nitrogen and oxygen atoms in total. The van der Waals surface area contributed by atoms with E-state index in [0.29, 0.717) is 0 Å². The van der Waals surface area contributed by atoms with Gasteiger partial charge in [-0.25, -0.2) is 13.2 Å². The van der Waals surface area contributed by atoms with E-state index < -0.39 is 34.9 Å². The SMILES string of the molecule is Cc1c(F)cc(C2CC(=O)c3cc(O)ccc3O2)c(F)c1F. The van der Waals surface area contributed by atoms with Crippen molar-refractivity contribution in [3.8, 4) is 11.5 Å². The standard InChI is InChI=1S/C16H11F3O3/c1-7-11(17)5-10(16(19)15(7)18)14-6-12(21)9-4-8(20)2-3-13(9)22-14/h2-5,14,20H,6H2,1H3. The Hall–Kier alpha value is -2.50. The normalized spacial score (nSPS) is 17.1. The molecule has 2 aromatic carbocycles. The molecule has 1 heterocycles. The number of phenols is 1. The minimum absolute atomic E-state index is 0.104. The van der Waals surface area contributed by atoms with Crippen LogP contribution in [0.5, 0.6) is 11.5 Å². The van der Waals surface area contributed by atoms with E-state index in [1.165, 1.54) is 18.2 Å². The highest BCUT2D eigenvalue weighted by molar-refractivity contribution is 6.00. The summed E-state index contributed by atoms with van der Waals surface area (Å²) in [5, 5.41) is 9.37. The topological polar surface area (TPSA) is 46.5 Å². The first-order valence-electron chi connectivity index (χ1n) is 6.55. The molecule has 0 aliphatic carbocycles. The Labute approximate surface area is 124 Å². The third-order valence-corrected chi connectivity index (χ3v) is 3.67. The van der Waals surface area contributed by atoms with E-state index in [4.69, 9.17) is 4.74 Å². The van der Waals surface area contributed by atoms with Gasteiger partial charge in [0.15, 0.2) is 17.4 Å². The molecule has 3 rings (SSSR count). The van der Waals surface area contributed by atoms with E-state index in [2.05, 4.69) is 0 Å². The Morgan fingerprint density at radius 2 is 1.91 bits per heavy atom. The molecule has 0 spiro atoms. The fraction of sp³-hybridized carbons (Fsp3) is 0.188. The van der Waals surface area contributed by atoms with Gasteiger partial charge in [0.05, 0.1) is 12.0 Å². The van der Waals surface area contributed by atoms with Crippen LogP contribution in [-0.4, -0.2) is 10.9 Å². The fourth-order valence-corrected chi connectivity index (χ4v) is 2.42. The average molecular weight is 308 g/mol. The number of carbonyl (C=O) groups excluding carboxylic acids is 1. The first kappa shape index (κ1) is 14.4. The average Bonchev–Trinajstić information content (AvgIpc) is 2.49. The summed E-state index contributed by atoms with van der Waals surface area (Å²) in [6, 6.07) is 4.74. The van der Waals surface area contributed by atoms with E-state index in [-0.39, 0.29) is 29.0 Å². The van der Waals surface area contributed by atoms with Crippen molar-refractivity contribution < 1.29 is 27.8 Å². The van der Waals surface area contributed by atoms with E-state index in [1.54, 1.807) is 0 Å². The summed E-state index contributed by atoms with van der Waals surface area (Å²) in [6.07, 6.45) is -1.39. The monoisotopic (exact) mass is 308 g/mol. The largest absolute Gasteiger partial charge is 0.508 e. The number of benzene rings is 2. The molecule has 0 aromatic heterocycles. The molecule has 1 aliphatic rings. The van der Waals surface area contributed by atoms with Crippen LogP contribution < -0.4 is 4.74 Å². The number of carbonyl (C=O) groups is 1. The summed E-state index contributed by atoms with van der Waals surface area (Å²) in [7, 11) is 0. The van der Waals surface area contributed by atoms with E-state index in [9.17, 15) is 23.1 Å². The van der Waals surface area contributed by atoms with Gasteiger partial charge >= 0.3 is 0 Å². The number of aromatic hydroxyl groups is 1. The number of ether oxygens (including phenoxy) is 1. The number of phenolic OH excluding ortho intramolecular Hbond substituents is 1. The van der Waals surface area contributed by atoms with Crippen molar-refractivity contribution in [2.24, 2.45) is 0 Å². The molecule has 1 atom stereocenters. The van der Waals surface area contributed by atoms with Gasteiger partial charge in [-0.2, -0.15) is 0 Å². The number of ketones is 1. The second kappa shape index (κ2) is 5.05. The molecule has 0 bridgehead atoms. The molecule has 114 valence electrons. The van der Waals surface area contributed by atoms with Crippen molar-refractivity contribution in [2.75, 3.05) is 0 Å². The molecule has 1 N–H and O–H groups in total. The van der Waals surface area contributed by atoms with Gasteiger partial charge in [0.2, 0.25) is 0 Å². The van der Waals surface area contributed by atoms with Crippen molar-refractivity contribution in [2.45, 2.75) is 19.4 Å². The van der Waals surface area contributed by atoms with Crippen LogP contribution in [-0.2, 0) is 0 Å². The first-order chi connectivity index (χ1) is 10.4. The van der Waals surface area contributed by atoms with Gasteiger partial charge in [0, 0.05) is 11.1 Å². The number of rotatable bonds is 1. The molecule has 6 heteroatoms. The van der Waals surface area contributed by atoms with Crippen LogP contribution in [0.25, 0.3) is 0 Å². The van der Waals surface area contributed by atoms with Gasteiger partial charge < -0.3 is 9.84 Å². The molecule has 1 aliphatic heterocycles. The van der Waals surface area contributed by atoms with Gasteiger partial charge in [-0.15, -0.1) is 0 Å². The molecule has 0 radical (unpaired) electrons. The number of halogens is 3. The Balaban J connectivity index is 2.05. The highest BCUT2D eigenvalue weighted by Crippen LogP contribution is 2.38. The Bertz CT molecular complexity index is 787. The second-order valence-electron chi connectivity index (χ2n) is 5.11. The lowest BCUT2D eigenvalue weighted by molar-refractivity contribution is 0.0843. The van der Waals surface area contributed by atoms with Gasteiger partial charge in [-0.3, -0.25) is 4.79 Å². The van der Waals surface area contributed by atoms with Crippen LogP contribution in [0.1, 0.15) is 34.0 Å². The molecule has 0 amide bonds. The summed E-state index contributed by atoms with van der Waals surface area (Å²) < 4.78 is 46.8. The zero-order valence-electron chi connectivity index (χ0n) is 11.5. The van der Waals surface area contributed by atoms with E-state index >= 15 is 0 Å². The Kier molecular flexibility index (Phi) is 3.31. The maximum Gasteiger partial charge on any atom is 0.170 e. The van der Waals surface area contributed by atoms with Gasteiger partial charge in [-0.1, -0.05) is 0 Å². The summed E-state index contributed by atoms with van der Waals surface area (Å²) in [5.74, 6) is -3.78. The number of fused-ring (bicyclic) bond motifs is 1. The smallest absolute Gasteiger partial charge is 0.170 e. The number of Topliss-reactive ketones (excluding diaryl/α,β-unsaturated/α-hetero) is 1. The van der Waals surface area contributed by atoms with Crippen molar-refractivity contribution in [3.05, 3.63) is 58.4 Å². The lowest BCUT2D eigenvalue weighted by atomic mass is 9.95. The van der Waals surface area contributed by atoms with Gasteiger partial charge in [0.25, 0.3) is 0 Å². The fourth-order valence-electron chi connectivity index (χ4n) is 2.42. The van der Waals surface area contributed by atoms with Crippen molar-refractivity contribution >= 4 is 5.78 Å². The zero-order chi connectivity index (χ0) is 16.0. The van der Waals surface area contributed by atoms with Crippen LogP contribution >= 0.6 is 0 Å². The molecular weight excluding hydrogens is 297 g/mol. The summed E-state index contributed by atoms with van der Waals surface area (Å²) >= 11 is 0. The van der Waals surface area contributed by atoms with Crippen molar-refractivity contribution in [3.63, 3.8) is 0 Å². The van der Waals surface area contributed by atoms with Crippen molar-refractivity contribution in [1.82, 2.24) is 0 Å². The quantitative estimate of drug-likeness (QED) is 0.815. The second-order valence-corrected chi connectivity index (χ2v) is 5.11. The van der Waals surface area contributed by atoms with Crippen LogP contribution in [0.2, 0.25) is 0 Å². The first-order valence-corrected chi connectivity index (χ1v) is 6.55. The number of hydrogen-bond donors (Lipinski definition) is 1. The highest BCUT2D eigenvalue weighted by Gasteiger charge is 2.31. The maximum atomic E-state index is 14.0. The molecular formula is C16H11F3O3. The predicted molar refractivity (Wildman–Crippen MR) is 71.5 cm³/mol. The molecule has 0 saturated carbocycles. The minimum atomic E-state index is -1.29. The summed E-state index contributed by atoms with van der Waals surface area (Å²) in [5.41, 5.74) is -0.605. The minimum Gasteiger partial charge on any atom is -0.508 e. The third kappa shape index (κ3) is 2.20. The maximum absolute atomic E-state index is 14.0. The Morgan fingerprint density at radius 3 is 2.64 bits per heavy atom. The Morgan fingerprint density at radius 1 is 1.18 bits per heavy atom. The number of hydrogen-bond acceptors (Lipinski definition) is 3. The van der Waals surface area contributed by atoms with Crippen LogP contribution in [0, 0.1) is 24.4 Å². The van der Waals surface area contributed by atoms with Gasteiger partial charge in [0.1, 0.15) is 23.4 Å². The molecule has 0 fully saturated rings. The highest BCUT2D eigenvalue weighted by atomic mass is 19.2. The van der Waals surface area contributed by atoms with E-state index in [0.717, 1.165) is 13.0 Å². The molecule has 1 unspecified atom stereocenters. The van der Waals surface area contributed by atoms with Crippen LogP contribution in [0.15, 0.2) is 24.3 Å². The molecule has 0 saturated heterocycles. The zero-order valence-corrected chi connectivity index (χ0v) is 11.5. The lowest BCUT2D eigenvalue weighted by Crippen LogP contribution is -2.22. The molecule has 2 aromatic rings. The summed E-state index contributed by atoms with van der Waals surface area (Å²) in [6.45, 7) is 1.13. The third-order valence-electron chi connectivity index (χ3n) is 3.67. The lowest BCUT2D eigenvalue weighted by Gasteiger charge is -2.26. The predicted octanol–water partition coefficient (Wildman–Crippen LogP) is 3.82. The van der Waals surface area contributed by atoms with Crippen molar-refractivity contribution in [1.29, 1.82) is 0 Å². The summed E-state index contributed by atoms with van der Waals surface area (Å²) in [4.78, 5) is 12.1. The molecule has 22 heavy (non-hydrogen) atoms. The van der Waals surface area contributed by atoms with Crippen LogP contribution in [0.4, 0.5) is 13.2 Å². The van der Waals surface area contributed by atoms with E-state index in [1.807, 2.05) is 0 Å². The van der Waals surface area contributed by atoms with Gasteiger partial charge in [-0.05, 0) is 31.2 Å².